The van der Waals surface area contributed by atoms with Crippen LogP contribution in [0.4, 0.5) is 0 Å². The van der Waals surface area contributed by atoms with E-state index in [2.05, 4.69) is 9.80 Å². The van der Waals surface area contributed by atoms with Gasteiger partial charge in [0.1, 0.15) is 0 Å². The molecule has 0 radical (unpaired) electrons. The van der Waals surface area contributed by atoms with Crippen LogP contribution in [-0.4, -0.2) is 60.1 Å². The van der Waals surface area contributed by atoms with E-state index in [4.69, 9.17) is 0 Å². The van der Waals surface area contributed by atoms with E-state index >= 15 is 0 Å². The van der Waals surface area contributed by atoms with E-state index in [1.54, 1.807) is 0 Å². The van der Waals surface area contributed by atoms with Gasteiger partial charge in [0.15, 0.2) is 0 Å². The molecule has 0 aromatic carbocycles. The maximum atomic E-state index is 11.3. The number of hydrogen-bond acceptors (Lipinski definition) is 3. The van der Waals surface area contributed by atoms with Crippen LogP contribution < -0.4 is 0 Å². The summed E-state index contributed by atoms with van der Waals surface area (Å²) >= 11 is 0. The molecule has 0 bridgehead atoms. The van der Waals surface area contributed by atoms with Gasteiger partial charge in [-0.1, -0.05) is 6.92 Å². The lowest BCUT2D eigenvalue weighted by Gasteiger charge is -2.38. The first-order valence-corrected chi connectivity index (χ1v) is 7.21. The molecule has 4 heteroatoms. The van der Waals surface area contributed by atoms with E-state index in [9.17, 15) is 9.90 Å². The third-order valence-corrected chi connectivity index (χ3v) is 4.55. The van der Waals surface area contributed by atoms with Crippen molar-refractivity contribution in [3.8, 4) is 0 Å². The molecule has 0 aromatic rings. The molecule has 1 aliphatic carbocycles. The lowest BCUT2D eigenvalue weighted by molar-refractivity contribution is -0.149. The smallest absolute Gasteiger partial charge is 0.310 e. The number of carboxylic acid groups (broad SMARTS) is 1. The van der Waals surface area contributed by atoms with Gasteiger partial charge in [0.05, 0.1) is 5.41 Å². The summed E-state index contributed by atoms with van der Waals surface area (Å²) in [4.78, 5) is 16.2. The lowest BCUT2D eigenvalue weighted by atomic mass is 9.87. The third-order valence-electron chi connectivity index (χ3n) is 4.55. The van der Waals surface area contributed by atoms with Gasteiger partial charge in [-0.3, -0.25) is 9.69 Å². The average Bonchev–Trinajstić information content (AvgIpc) is 3.15. The minimum absolute atomic E-state index is 0.585. The number of hydrogen-bond donors (Lipinski definition) is 1. The number of carbonyl (C=O) groups is 1. The molecular formula is C14H26N2O2. The van der Waals surface area contributed by atoms with Crippen LogP contribution in [0, 0.1) is 11.3 Å². The van der Waals surface area contributed by atoms with E-state index in [-0.39, 0.29) is 0 Å². The van der Waals surface area contributed by atoms with Crippen molar-refractivity contribution < 1.29 is 9.90 Å². The fraction of sp³-hybridized carbons (Fsp3) is 0.929. The quantitative estimate of drug-likeness (QED) is 0.780. The molecule has 1 saturated carbocycles. The highest BCUT2D eigenvalue weighted by atomic mass is 16.4. The van der Waals surface area contributed by atoms with Gasteiger partial charge in [0.2, 0.25) is 0 Å². The zero-order valence-corrected chi connectivity index (χ0v) is 11.7. The summed E-state index contributed by atoms with van der Waals surface area (Å²) in [6.07, 6.45) is 3.52. The zero-order chi connectivity index (χ0) is 13.2. The maximum absolute atomic E-state index is 11.3. The van der Waals surface area contributed by atoms with Crippen molar-refractivity contribution in [3.63, 3.8) is 0 Å². The number of piperazine rings is 1. The fourth-order valence-electron chi connectivity index (χ4n) is 2.62. The summed E-state index contributed by atoms with van der Waals surface area (Å²) in [5.74, 6) is 0.293. The minimum atomic E-state index is -0.662. The lowest BCUT2D eigenvalue weighted by Crippen LogP contribution is -2.51. The molecule has 0 aromatic heterocycles. The predicted octanol–water partition coefficient (Wildman–Crippen LogP) is 1.51. The van der Waals surface area contributed by atoms with E-state index in [1.165, 1.54) is 19.4 Å². The molecule has 104 valence electrons. The Labute approximate surface area is 110 Å². The molecule has 1 unspecified atom stereocenters. The first kappa shape index (κ1) is 13.8. The molecule has 2 fully saturated rings. The van der Waals surface area contributed by atoms with Gasteiger partial charge in [-0.05, 0) is 32.1 Å². The SMILES string of the molecule is CCC(C)(CN1CCN(CC2CC2)CC1)C(=O)O. The molecule has 0 spiro atoms. The van der Waals surface area contributed by atoms with Crippen LogP contribution in [0.15, 0.2) is 0 Å². The highest BCUT2D eigenvalue weighted by Crippen LogP contribution is 2.30. The maximum Gasteiger partial charge on any atom is 0.310 e. The van der Waals surface area contributed by atoms with E-state index in [0.717, 1.165) is 32.1 Å². The number of nitrogens with zero attached hydrogens (tertiary/aromatic N) is 2. The Balaban J connectivity index is 1.76. The first-order chi connectivity index (χ1) is 8.53. The second kappa shape index (κ2) is 5.57. The van der Waals surface area contributed by atoms with Gasteiger partial charge in [-0.25, -0.2) is 0 Å². The van der Waals surface area contributed by atoms with Crippen LogP contribution >= 0.6 is 0 Å². The largest absolute Gasteiger partial charge is 0.481 e. The monoisotopic (exact) mass is 254 g/mol. The van der Waals surface area contributed by atoms with Crippen molar-refractivity contribution >= 4 is 5.97 Å². The Kier molecular flexibility index (Phi) is 4.28. The summed E-state index contributed by atoms with van der Waals surface area (Å²) in [5.41, 5.74) is -0.585. The molecule has 1 saturated heterocycles. The summed E-state index contributed by atoms with van der Waals surface area (Å²) in [6.45, 7) is 10.0. The van der Waals surface area contributed by atoms with Crippen molar-refractivity contribution in [1.29, 1.82) is 0 Å². The molecule has 1 aliphatic heterocycles. The summed E-state index contributed by atoms with van der Waals surface area (Å²) in [5, 5.41) is 9.31. The average molecular weight is 254 g/mol. The Morgan fingerprint density at radius 3 is 2.22 bits per heavy atom. The highest BCUT2D eigenvalue weighted by Gasteiger charge is 2.34. The number of aliphatic carboxylic acids is 1. The van der Waals surface area contributed by atoms with E-state index in [0.29, 0.717) is 13.0 Å². The van der Waals surface area contributed by atoms with Gasteiger partial charge in [-0.15, -0.1) is 0 Å². The molecular weight excluding hydrogens is 228 g/mol. The van der Waals surface area contributed by atoms with Gasteiger partial charge in [0.25, 0.3) is 0 Å². The summed E-state index contributed by atoms with van der Waals surface area (Å²) < 4.78 is 0. The minimum Gasteiger partial charge on any atom is -0.481 e. The molecule has 1 N–H and O–H groups in total. The van der Waals surface area contributed by atoms with Crippen LogP contribution in [0.1, 0.15) is 33.1 Å². The number of carboxylic acids is 1. The molecule has 18 heavy (non-hydrogen) atoms. The predicted molar refractivity (Wildman–Crippen MR) is 71.6 cm³/mol. The van der Waals surface area contributed by atoms with Crippen molar-refractivity contribution in [3.05, 3.63) is 0 Å². The molecule has 0 amide bonds. The van der Waals surface area contributed by atoms with Crippen LogP contribution in [0.25, 0.3) is 0 Å². The molecule has 4 nitrogen and oxygen atoms in total. The van der Waals surface area contributed by atoms with Gasteiger partial charge >= 0.3 is 5.97 Å². The standard InChI is InChI=1S/C14H26N2O2/c1-3-14(2,13(17)18)11-16-8-6-15(7-9-16)10-12-4-5-12/h12H,3-11H2,1-2H3,(H,17,18). The second-order valence-corrected chi connectivity index (χ2v) is 6.24. The van der Waals surface area contributed by atoms with Gasteiger partial charge in [-0.2, -0.15) is 0 Å². The van der Waals surface area contributed by atoms with Crippen molar-refractivity contribution in [2.75, 3.05) is 39.3 Å². The second-order valence-electron chi connectivity index (χ2n) is 6.24. The zero-order valence-electron chi connectivity index (χ0n) is 11.7. The Hall–Kier alpha value is -0.610. The first-order valence-electron chi connectivity index (χ1n) is 7.21. The highest BCUT2D eigenvalue weighted by molar-refractivity contribution is 5.74. The van der Waals surface area contributed by atoms with Crippen molar-refractivity contribution in [1.82, 2.24) is 9.80 Å². The molecule has 2 rings (SSSR count). The van der Waals surface area contributed by atoms with Crippen LogP contribution in [0.3, 0.4) is 0 Å². The molecule has 1 heterocycles. The van der Waals surface area contributed by atoms with Gasteiger partial charge in [0, 0.05) is 39.3 Å². The fourth-order valence-corrected chi connectivity index (χ4v) is 2.62. The van der Waals surface area contributed by atoms with Crippen molar-refractivity contribution in [2.45, 2.75) is 33.1 Å². The Morgan fingerprint density at radius 1 is 1.22 bits per heavy atom. The topological polar surface area (TPSA) is 43.8 Å². The number of rotatable bonds is 6. The van der Waals surface area contributed by atoms with E-state index < -0.39 is 11.4 Å². The normalized spacial score (nSPS) is 25.9. The Bertz CT molecular complexity index is 296. The summed E-state index contributed by atoms with van der Waals surface area (Å²) in [6, 6.07) is 0. The Morgan fingerprint density at radius 2 is 1.78 bits per heavy atom. The molecule has 2 aliphatic rings. The van der Waals surface area contributed by atoms with Gasteiger partial charge < -0.3 is 10.0 Å². The summed E-state index contributed by atoms with van der Waals surface area (Å²) in [7, 11) is 0. The van der Waals surface area contributed by atoms with Crippen LogP contribution in [0.5, 0.6) is 0 Å². The van der Waals surface area contributed by atoms with Crippen LogP contribution in [0.2, 0.25) is 0 Å². The third kappa shape index (κ3) is 3.45. The van der Waals surface area contributed by atoms with E-state index in [1.807, 2.05) is 13.8 Å². The molecule has 1 atom stereocenters. The van der Waals surface area contributed by atoms with Crippen LogP contribution in [-0.2, 0) is 4.79 Å². The van der Waals surface area contributed by atoms with Crippen molar-refractivity contribution in [2.24, 2.45) is 11.3 Å².